The molecule has 0 unspecified atom stereocenters. The van der Waals surface area contributed by atoms with E-state index in [1.54, 1.807) is 6.20 Å². The zero-order valence-electron chi connectivity index (χ0n) is 18.2. The fraction of sp³-hybridized carbons (Fsp3) is 0.231. The van der Waals surface area contributed by atoms with Gasteiger partial charge in [0.2, 0.25) is 0 Å². The monoisotopic (exact) mass is 464 g/mol. The van der Waals surface area contributed by atoms with Gasteiger partial charge in [-0.2, -0.15) is 0 Å². The molecule has 170 valence electrons. The summed E-state index contributed by atoms with van der Waals surface area (Å²) in [5, 5.41) is 0.872. The quantitative estimate of drug-likeness (QED) is 0.414. The van der Waals surface area contributed by atoms with Gasteiger partial charge in [-0.05, 0) is 23.8 Å². The minimum absolute atomic E-state index is 0. The maximum absolute atomic E-state index is 13.9. The van der Waals surface area contributed by atoms with Crippen LogP contribution in [0.25, 0.3) is 22.2 Å². The highest BCUT2D eigenvalue weighted by atomic mass is 35.5. The number of piperazine rings is 1. The van der Waals surface area contributed by atoms with Crippen LogP contribution in [0, 0.1) is 0 Å². The number of fused-ring (bicyclic) bond motifs is 1. The van der Waals surface area contributed by atoms with Crippen molar-refractivity contribution in [3.8, 4) is 11.3 Å². The van der Waals surface area contributed by atoms with Crippen molar-refractivity contribution in [2.75, 3.05) is 37.8 Å². The van der Waals surface area contributed by atoms with Gasteiger partial charge in [0.15, 0.2) is 0 Å². The van der Waals surface area contributed by atoms with Gasteiger partial charge < -0.3 is 14.4 Å². The molecule has 1 amide bonds. The molecule has 2 aromatic carbocycles. The summed E-state index contributed by atoms with van der Waals surface area (Å²) in [6, 6.07) is 23.5. The predicted molar refractivity (Wildman–Crippen MR) is 133 cm³/mol. The molecule has 0 saturated carbocycles. The average molecular weight is 465 g/mol. The Balaban J connectivity index is 0.00000259. The van der Waals surface area contributed by atoms with Crippen LogP contribution in [0.3, 0.4) is 0 Å². The lowest BCUT2D eigenvalue weighted by Crippen LogP contribution is -2.49. The smallest absolute Gasteiger partial charge is 0.256 e. The van der Waals surface area contributed by atoms with Gasteiger partial charge >= 0.3 is 0 Å². The van der Waals surface area contributed by atoms with E-state index in [9.17, 15) is 9.18 Å². The fourth-order valence-electron chi connectivity index (χ4n) is 4.57. The number of aryl methyl sites for hydroxylation is 1. The number of pyridine rings is 1. The van der Waals surface area contributed by atoms with E-state index >= 15 is 0 Å². The number of halogens is 2. The number of carbonyl (C=O) groups is 1. The molecule has 4 aromatic rings. The number of benzene rings is 2. The van der Waals surface area contributed by atoms with Crippen molar-refractivity contribution in [1.82, 2.24) is 14.5 Å². The van der Waals surface area contributed by atoms with E-state index in [0.717, 1.165) is 41.1 Å². The molecule has 0 radical (unpaired) electrons. The van der Waals surface area contributed by atoms with E-state index in [1.807, 2.05) is 82.3 Å². The van der Waals surface area contributed by atoms with Crippen LogP contribution in [-0.2, 0) is 6.54 Å². The number of aromatic nitrogens is 2. The molecule has 1 aliphatic rings. The van der Waals surface area contributed by atoms with Crippen molar-refractivity contribution in [2.24, 2.45) is 0 Å². The standard InChI is InChI=1S/C26H25FN4O.ClH/c27-13-15-31-22-11-5-4-10-21(22)24(25(31)20-8-2-1-3-9-20)26(32)30-18-16-29(17-19-30)23-12-6-7-14-28-23;/h1-12,14H,13,15-19H2;1H. The third-order valence-electron chi connectivity index (χ3n) is 6.08. The number of amides is 1. The molecule has 1 saturated heterocycles. The van der Waals surface area contributed by atoms with Crippen molar-refractivity contribution < 1.29 is 9.18 Å². The topological polar surface area (TPSA) is 41.4 Å². The number of alkyl halides is 1. The van der Waals surface area contributed by atoms with Crippen molar-refractivity contribution in [3.63, 3.8) is 0 Å². The lowest BCUT2D eigenvalue weighted by atomic mass is 10.0. The summed E-state index contributed by atoms with van der Waals surface area (Å²) in [5.74, 6) is 0.933. The molecule has 33 heavy (non-hydrogen) atoms. The van der Waals surface area contributed by atoms with Crippen LogP contribution >= 0.6 is 12.4 Å². The molecule has 2 aromatic heterocycles. The third-order valence-corrected chi connectivity index (χ3v) is 6.08. The Kier molecular flexibility index (Phi) is 6.94. The van der Waals surface area contributed by atoms with E-state index in [2.05, 4.69) is 9.88 Å². The first-order chi connectivity index (χ1) is 15.8. The fourth-order valence-corrected chi connectivity index (χ4v) is 4.57. The summed E-state index contributed by atoms with van der Waals surface area (Å²) in [5.41, 5.74) is 3.26. The Morgan fingerprint density at radius 1 is 0.879 bits per heavy atom. The van der Waals surface area contributed by atoms with Gasteiger partial charge in [-0.15, -0.1) is 12.4 Å². The van der Waals surface area contributed by atoms with Gasteiger partial charge in [0.25, 0.3) is 5.91 Å². The number of hydrogen-bond donors (Lipinski definition) is 0. The minimum atomic E-state index is -0.491. The van der Waals surface area contributed by atoms with Crippen LogP contribution in [0.1, 0.15) is 10.4 Å². The molecule has 1 fully saturated rings. The molecule has 0 atom stereocenters. The van der Waals surface area contributed by atoms with E-state index in [1.165, 1.54) is 0 Å². The van der Waals surface area contributed by atoms with Crippen LogP contribution in [0.15, 0.2) is 79.0 Å². The van der Waals surface area contributed by atoms with Crippen LogP contribution < -0.4 is 4.90 Å². The highest BCUT2D eigenvalue weighted by Crippen LogP contribution is 2.35. The van der Waals surface area contributed by atoms with E-state index < -0.39 is 6.67 Å². The Labute approximate surface area is 198 Å². The third kappa shape index (κ3) is 4.31. The summed E-state index contributed by atoms with van der Waals surface area (Å²) in [6.45, 7) is 2.41. The molecule has 5 nitrogen and oxygen atoms in total. The molecular weight excluding hydrogens is 439 g/mol. The van der Waals surface area contributed by atoms with Gasteiger partial charge in [0.05, 0.1) is 17.8 Å². The van der Waals surface area contributed by atoms with Crippen LogP contribution in [0.4, 0.5) is 10.2 Å². The van der Waals surface area contributed by atoms with Crippen molar-refractivity contribution in [1.29, 1.82) is 0 Å². The zero-order chi connectivity index (χ0) is 21.9. The molecule has 0 bridgehead atoms. The number of rotatable bonds is 5. The largest absolute Gasteiger partial charge is 0.353 e. The lowest BCUT2D eigenvalue weighted by molar-refractivity contribution is 0.0749. The van der Waals surface area contributed by atoms with E-state index in [4.69, 9.17) is 0 Å². The van der Waals surface area contributed by atoms with Gasteiger partial charge in [0.1, 0.15) is 12.5 Å². The summed E-state index contributed by atoms with van der Waals surface area (Å²) < 4.78 is 15.5. The molecule has 7 heteroatoms. The second-order valence-electron chi connectivity index (χ2n) is 7.91. The molecule has 0 aliphatic carbocycles. The maximum Gasteiger partial charge on any atom is 0.256 e. The number of carbonyl (C=O) groups excluding carboxylic acids is 1. The van der Waals surface area contributed by atoms with Crippen LogP contribution in [0.2, 0.25) is 0 Å². The SMILES string of the molecule is Cl.O=C(c1c(-c2ccccc2)n(CCF)c2ccccc12)N1CCN(c2ccccn2)CC1. The van der Waals surface area contributed by atoms with Crippen molar-refractivity contribution in [3.05, 3.63) is 84.6 Å². The molecule has 0 spiro atoms. The maximum atomic E-state index is 13.9. The van der Waals surface area contributed by atoms with Crippen LogP contribution in [-0.4, -0.2) is 53.2 Å². The first-order valence-corrected chi connectivity index (χ1v) is 11.0. The second-order valence-corrected chi connectivity index (χ2v) is 7.91. The Morgan fingerprint density at radius 3 is 2.27 bits per heavy atom. The zero-order valence-corrected chi connectivity index (χ0v) is 19.0. The summed E-state index contributed by atoms with van der Waals surface area (Å²) in [6.07, 6.45) is 1.79. The molecule has 5 rings (SSSR count). The van der Waals surface area contributed by atoms with E-state index in [0.29, 0.717) is 18.7 Å². The number of nitrogens with zero attached hydrogens (tertiary/aromatic N) is 4. The number of anilines is 1. The highest BCUT2D eigenvalue weighted by Gasteiger charge is 2.29. The predicted octanol–water partition coefficient (Wildman–Crippen LogP) is 5.06. The Morgan fingerprint density at radius 2 is 1.58 bits per heavy atom. The summed E-state index contributed by atoms with van der Waals surface area (Å²) >= 11 is 0. The van der Waals surface area contributed by atoms with Gasteiger partial charge in [0, 0.05) is 43.3 Å². The lowest BCUT2D eigenvalue weighted by Gasteiger charge is -2.35. The Hall–Kier alpha value is -3.38. The second kappa shape index (κ2) is 10.0. The number of para-hydroxylation sites is 1. The van der Waals surface area contributed by atoms with Gasteiger partial charge in [-0.1, -0.05) is 54.6 Å². The first kappa shape index (κ1) is 22.8. The van der Waals surface area contributed by atoms with Crippen molar-refractivity contribution >= 4 is 35.0 Å². The molecule has 1 aliphatic heterocycles. The molecule has 3 heterocycles. The first-order valence-electron chi connectivity index (χ1n) is 11.0. The minimum Gasteiger partial charge on any atom is -0.353 e. The summed E-state index contributed by atoms with van der Waals surface area (Å²) in [7, 11) is 0. The number of hydrogen-bond acceptors (Lipinski definition) is 3. The Bertz CT molecular complexity index is 1220. The van der Waals surface area contributed by atoms with Crippen molar-refractivity contribution in [2.45, 2.75) is 6.54 Å². The highest BCUT2D eigenvalue weighted by molar-refractivity contribution is 6.12. The average Bonchev–Trinajstić information content (AvgIpc) is 3.19. The molecule has 0 N–H and O–H groups in total. The van der Waals surface area contributed by atoms with Gasteiger partial charge in [-0.3, -0.25) is 4.79 Å². The molecular formula is C26H26ClFN4O. The normalized spacial score (nSPS) is 13.7. The van der Waals surface area contributed by atoms with Gasteiger partial charge in [-0.25, -0.2) is 9.37 Å². The van der Waals surface area contributed by atoms with Crippen LogP contribution in [0.5, 0.6) is 0 Å². The summed E-state index contributed by atoms with van der Waals surface area (Å²) in [4.78, 5) is 22.4. The van der Waals surface area contributed by atoms with E-state index in [-0.39, 0.29) is 24.9 Å².